The molecule has 1 aromatic carbocycles. The maximum atomic E-state index is 11.3. The molecule has 0 radical (unpaired) electrons. The van der Waals surface area contributed by atoms with Crippen molar-refractivity contribution < 1.29 is 13.2 Å². The molecule has 0 aliphatic heterocycles. The zero-order valence-corrected chi connectivity index (χ0v) is 11.3. The second-order valence-electron chi connectivity index (χ2n) is 4.03. The van der Waals surface area contributed by atoms with Crippen LogP contribution in [0.1, 0.15) is 5.56 Å². The molecular formula is C12H13N3O3S. The van der Waals surface area contributed by atoms with Gasteiger partial charge in [0.15, 0.2) is 9.84 Å². The molecule has 0 bridgehead atoms. The van der Waals surface area contributed by atoms with Gasteiger partial charge in [0.2, 0.25) is 5.88 Å². The largest absolute Gasteiger partial charge is 0.439 e. The van der Waals surface area contributed by atoms with Crippen LogP contribution in [-0.4, -0.2) is 24.6 Å². The number of rotatable bonds is 3. The number of benzene rings is 1. The first kappa shape index (κ1) is 13.3. The molecule has 2 aromatic rings. The molecule has 0 amide bonds. The Hall–Kier alpha value is -2.15. The molecule has 0 aliphatic carbocycles. The number of nitrogen functional groups attached to an aromatic ring is 1. The third-order valence-electron chi connectivity index (χ3n) is 2.54. The number of nitrogens with two attached hydrogens (primary N) is 1. The molecule has 6 nitrogen and oxygen atoms in total. The summed E-state index contributed by atoms with van der Waals surface area (Å²) in [4.78, 5) is 8.04. The lowest BCUT2D eigenvalue weighted by Crippen LogP contribution is -1.99. The van der Waals surface area contributed by atoms with Crippen molar-refractivity contribution in [3.8, 4) is 11.6 Å². The van der Waals surface area contributed by atoms with Crippen molar-refractivity contribution in [3.63, 3.8) is 0 Å². The number of nitrogens with zero attached hydrogens (tertiary/aromatic N) is 2. The summed E-state index contributed by atoms with van der Waals surface area (Å²) in [5.41, 5.74) is 6.28. The van der Waals surface area contributed by atoms with Gasteiger partial charge in [-0.25, -0.2) is 18.4 Å². The van der Waals surface area contributed by atoms with Gasteiger partial charge in [-0.1, -0.05) is 0 Å². The van der Waals surface area contributed by atoms with Crippen molar-refractivity contribution in [2.24, 2.45) is 0 Å². The van der Waals surface area contributed by atoms with Gasteiger partial charge in [0, 0.05) is 6.26 Å². The average molecular weight is 279 g/mol. The highest BCUT2D eigenvalue weighted by Crippen LogP contribution is 2.25. The summed E-state index contributed by atoms with van der Waals surface area (Å²) >= 11 is 0. The molecule has 1 aromatic heterocycles. The van der Waals surface area contributed by atoms with Crippen LogP contribution in [0.25, 0.3) is 0 Å². The molecule has 7 heteroatoms. The highest BCUT2D eigenvalue weighted by atomic mass is 32.2. The van der Waals surface area contributed by atoms with Gasteiger partial charge in [0.1, 0.15) is 17.9 Å². The molecule has 0 atom stereocenters. The molecule has 19 heavy (non-hydrogen) atoms. The van der Waals surface area contributed by atoms with Crippen molar-refractivity contribution >= 4 is 15.7 Å². The number of sulfone groups is 1. The van der Waals surface area contributed by atoms with Gasteiger partial charge < -0.3 is 10.5 Å². The summed E-state index contributed by atoms with van der Waals surface area (Å²) in [5, 5.41) is 0. The van der Waals surface area contributed by atoms with Gasteiger partial charge in [-0.3, -0.25) is 0 Å². The maximum Gasteiger partial charge on any atom is 0.227 e. The summed E-state index contributed by atoms with van der Waals surface area (Å²) in [7, 11) is -3.21. The van der Waals surface area contributed by atoms with Crippen LogP contribution in [0.15, 0.2) is 35.5 Å². The molecule has 0 unspecified atom stereocenters. The molecule has 1 heterocycles. The summed E-state index contributed by atoms with van der Waals surface area (Å²) in [6.07, 6.45) is 2.46. The van der Waals surface area contributed by atoms with E-state index in [0.717, 1.165) is 6.26 Å². The number of hydrogen-bond donors (Lipinski definition) is 1. The van der Waals surface area contributed by atoms with E-state index >= 15 is 0 Å². The Kier molecular flexibility index (Phi) is 3.39. The third kappa shape index (κ3) is 3.00. The van der Waals surface area contributed by atoms with Gasteiger partial charge in [-0.15, -0.1) is 0 Å². The number of ether oxygens (including phenoxy) is 1. The summed E-state index contributed by atoms with van der Waals surface area (Å²) in [5.74, 6) is 1.17. The van der Waals surface area contributed by atoms with Crippen molar-refractivity contribution in [2.45, 2.75) is 11.8 Å². The van der Waals surface area contributed by atoms with E-state index in [2.05, 4.69) is 9.97 Å². The fourth-order valence-electron chi connectivity index (χ4n) is 1.42. The smallest absolute Gasteiger partial charge is 0.227 e. The Labute approximate surface area is 111 Å². The predicted octanol–water partition coefficient (Wildman–Crippen LogP) is 1.56. The lowest BCUT2D eigenvalue weighted by Gasteiger charge is -2.08. The van der Waals surface area contributed by atoms with Crippen LogP contribution in [0.2, 0.25) is 0 Å². The lowest BCUT2D eigenvalue weighted by atomic mass is 10.3. The number of hydrogen-bond acceptors (Lipinski definition) is 6. The van der Waals surface area contributed by atoms with Crippen molar-refractivity contribution in [3.05, 3.63) is 36.2 Å². The molecule has 0 saturated heterocycles. The van der Waals surface area contributed by atoms with Gasteiger partial charge in [-0.05, 0) is 31.2 Å². The first-order chi connectivity index (χ1) is 8.88. The van der Waals surface area contributed by atoms with Gasteiger partial charge in [-0.2, -0.15) is 0 Å². The fourth-order valence-corrected chi connectivity index (χ4v) is 2.05. The second-order valence-corrected chi connectivity index (χ2v) is 6.05. The van der Waals surface area contributed by atoms with Crippen LogP contribution in [0.3, 0.4) is 0 Å². The third-order valence-corrected chi connectivity index (χ3v) is 3.67. The Morgan fingerprint density at radius 2 is 1.79 bits per heavy atom. The molecule has 2 N–H and O–H groups in total. The quantitative estimate of drug-likeness (QED) is 0.916. The minimum atomic E-state index is -3.21. The van der Waals surface area contributed by atoms with Crippen molar-refractivity contribution in [1.29, 1.82) is 0 Å². The first-order valence-electron chi connectivity index (χ1n) is 5.43. The van der Waals surface area contributed by atoms with E-state index < -0.39 is 9.84 Å². The zero-order valence-electron chi connectivity index (χ0n) is 10.5. The van der Waals surface area contributed by atoms with Crippen LogP contribution < -0.4 is 10.5 Å². The van der Waals surface area contributed by atoms with E-state index in [0.29, 0.717) is 23.0 Å². The van der Waals surface area contributed by atoms with Crippen LogP contribution in [0.5, 0.6) is 11.6 Å². The Balaban J connectivity index is 2.27. The minimum absolute atomic E-state index is 0.235. The molecule has 0 saturated carbocycles. The monoisotopic (exact) mass is 279 g/mol. The SMILES string of the molecule is Cc1c(N)ncnc1Oc1ccc(S(C)(=O)=O)cc1. The Morgan fingerprint density at radius 3 is 2.37 bits per heavy atom. The minimum Gasteiger partial charge on any atom is -0.439 e. The average Bonchev–Trinajstić information content (AvgIpc) is 2.35. The van der Waals surface area contributed by atoms with E-state index in [9.17, 15) is 8.42 Å². The van der Waals surface area contributed by atoms with E-state index in [4.69, 9.17) is 10.5 Å². The van der Waals surface area contributed by atoms with Crippen molar-refractivity contribution in [2.75, 3.05) is 12.0 Å². The van der Waals surface area contributed by atoms with E-state index in [1.165, 1.54) is 18.5 Å². The van der Waals surface area contributed by atoms with Gasteiger partial charge in [0.25, 0.3) is 0 Å². The Morgan fingerprint density at radius 1 is 1.16 bits per heavy atom. The number of aromatic nitrogens is 2. The summed E-state index contributed by atoms with van der Waals surface area (Å²) in [6.45, 7) is 1.75. The molecule has 0 fully saturated rings. The molecule has 0 aliphatic rings. The van der Waals surface area contributed by atoms with E-state index in [-0.39, 0.29) is 4.90 Å². The Bertz CT molecular complexity index is 697. The summed E-state index contributed by atoms with van der Waals surface area (Å²) < 4.78 is 28.2. The molecule has 0 spiro atoms. The predicted molar refractivity (Wildman–Crippen MR) is 70.8 cm³/mol. The molecule has 2 rings (SSSR count). The van der Waals surface area contributed by atoms with Crippen LogP contribution in [-0.2, 0) is 9.84 Å². The highest BCUT2D eigenvalue weighted by Gasteiger charge is 2.09. The second kappa shape index (κ2) is 4.85. The van der Waals surface area contributed by atoms with E-state index in [1.54, 1.807) is 19.1 Å². The van der Waals surface area contributed by atoms with Crippen molar-refractivity contribution in [1.82, 2.24) is 9.97 Å². The normalized spacial score (nSPS) is 11.3. The zero-order chi connectivity index (χ0) is 14.0. The van der Waals surface area contributed by atoms with Gasteiger partial charge in [0.05, 0.1) is 10.5 Å². The molecule has 100 valence electrons. The highest BCUT2D eigenvalue weighted by molar-refractivity contribution is 7.90. The number of anilines is 1. The van der Waals surface area contributed by atoms with E-state index in [1.807, 2.05) is 0 Å². The van der Waals surface area contributed by atoms with Crippen LogP contribution >= 0.6 is 0 Å². The first-order valence-corrected chi connectivity index (χ1v) is 7.32. The topological polar surface area (TPSA) is 95.2 Å². The van der Waals surface area contributed by atoms with Crippen LogP contribution in [0, 0.1) is 6.92 Å². The maximum absolute atomic E-state index is 11.3. The van der Waals surface area contributed by atoms with Gasteiger partial charge >= 0.3 is 0 Å². The standard InChI is InChI=1S/C12H13N3O3S/c1-8-11(13)14-7-15-12(8)18-9-3-5-10(6-4-9)19(2,16)17/h3-7H,1-2H3,(H2,13,14,15). The molecular weight excluding hydrogens is 266 g/mol. The lowest BCUT2D eigenvalue weighted by molar-refractivity contribution is 0.457. The fraction of sp³-hybridized carbons (Fsp3) is 0.167. The summed E-state index contributed by atoms with van der Waals surface area (Å²) in [6, 6.07) is 6.08. The van der Waals surface area contributed by atoms with Crippen LogP contribution in [0.4, 0.5) is 5.82 Å².